The second-order valence-corrected chi connectivity index (χ2v) is 5.88. The number of nitriles is 1. The summed E-state index contributed by atoms with van der Waals surface area (Å²) in [5, 5.41) is 8.92. The molecule has 0 saturated carbocycles. The monoisotopic (exact) mass is 279 g/mol. The number of nitrogens with zero attached hydrogens (tertiary/aromatic N) is 1. The smallest absolute Gasteiger partial charge is 0.165 e. The standard InChI is InChI=1S/C18H17NO2/c1-18(2)10-15-7-4-8-16(17(15)21-18)20-12-14-6-3-5-13(9-14)11-19/h3-9H,10,12H2,1-2H3. The van der Waals surface area contributed by atoms with Gasteiger partial charge in [-0.15, -0.1) is 0 Å². The number of ether oxygens (including phenoxy) is 2. The summed E-state index contributed by atoms with van der Waals surface area (Å²) in [7, 11) is 0. The van der Waals surface area contributed by atoms with Crippen LogP contribution in [0.4, 0.5) is 0 Å². The molecule has 0 atom stereocenters. The molecule has 1 heterocycles. The van der Waals surface area contributed by atoms with E-state index >= 15 is 0 Å². The van der Waals surface area contributed by atoms with Gasteiger partial charge < -0.3 is 9.47 Å². The van der Waals surface area contributed by atoms with Crippen molar-refractivity contribution in [2.75, 3.05) is 0 Å². The van der Waals surface area contributed by atoms with E-state index in [1.54, 1.807) is 6.07 Å². The Morgan fingerprint density at radius 3 is 2.86 bits per heavy atom. The highest BCUT2D eigenvalue weighted by molar-refractivity contribution is 5.50. The van der Waals surface area contributed by atoms with Crippen LogP contribution in [0.1, 0.15) is 30.5 Å². The molecule has 21 heavy (non-hydrogen) atoms. The molecule has 0 bridgehead atoms. The fourth-order valence-electron chi connectivity index (χ4n) is 2.59. The summed E-state index contributed by atoms with van der Waals surface area (Å²) in [5.74, 6) is 1.61. The third kappa shape index (κ3) is 2.85. The van der Waals surface area contributed by atoms with Crippen molar-refractivity contribution in [3.63, 3.8) is 0 Å². The van der Waals surface area contributed by atoms with E-state index in [1.807, 2.05) is 30.3 Å². The number of rotatable bonds is 3. The normalized spacial score (nSPS) is 14.9. The van der Waals surface area contributed by atoms with Gasteiger partial charge in [0.25, 0.3) is 0 Å². The number of hydrogen-bond acceptors (Lipinski definition) is 3. The Kier molecular flexibility index (Phi) is 3.31. The Hall–Kier alpha value is -2.47. The average Bonchev–Trinajstić information content (AvgIpc) is 2.79. The Balaban J connectivity index is 1.78. The van der Waals surface area contributed by atoms with Crippen LogP contribution < -0.4 is 9.47 Å². The van der Waals surface area contributed by atoms with Crippen LogP contribution in [-0.2, 0) is 13.0 Å². The maximum Gasteiger partial charge on any atom is 0.165 e. The maximum absolute atomic E-state index is 8.92. The van der Waals surface area contributed by atoms with Crippen molar-refractivity contribution in [2.24, 2.45) is 0 Å². The van der Waals surface area contributed by atoms with E-state index in [4.69, 9.17) is 14.7 Å². The summed E-state index contributed by atoms with van der Waals surface area (Å²) in [6.07, 6.45) is 0.892. The third-order valence-corrected chi connectivity index (χ3v) is 3.51. The van der Waals surface area contributed by atoms with Gasteiger partial charge in [0.2, 0.25) is 0 Å². The molecule has 3 rings (SSSR count). The molecular formula is C18H17NO2. The summed E-state index contributed by atoms with van der Waals surface area (Å²) in [5.41, 5.74) is 2.63. The summed E-state index contributed by atoms with van der Waals surface area (Å²) >= 11 is 0. The van der Waals surface area contributed by atoms with Crippen LogP contribution in [0.5, 0.6) is 11.5 Å². The molecule has 0 aliphatic carbocycles. The minimum absolute atomic E-state index is 0.178. The molecule has 2 aromatic rings. The van der Waals surface area contributed by atoms with E-state index in [0.717, 1.165) is 23.5 Å². The first-order chi connectivity index (χ1) is 10.1. The Labute approximate surface area is 124 Å². The lowest BCUT2D eigenvalue weighted by molar-refractivity contribution is 0.131. The van der Waals surface area contributed by atoms with Crippen molar-refractivity contribution in [1.82, 2.24) is 0 Å². The molecule has 0 spiro atoms. The van der Waals surface area contributed by atoms with E-state index < -0.39 is 0 Å². The minimum atomic E-state index is -0.178. The van der Waals surface area contributed by atoms with Crippen molar-refractivity contribution < 1.29 is 9.47 Å². The summed E-state index contributed by atoms with van der Waals surface area (Å²) in [6, 6.07) is 15.6. The van der Waals surface area contributed by atoms with Gasteiger partial charge in [-0.3, -0.25) is 0 Å². The first-order valence-corrected chi connectivity index (χ1v) is 7.00. The van der Waals surface area contributed by atoms with Crippen LogP contribution in [0.25, 0.3) is 0 Å². The molecule has 0 aromatic heterocycles. The van der Waals surface area contributed by atoms with Gasteiger partial charge in [-0.2, -0.15) is 5.26 Å². The van der Waals surface area contributed by atoms with Crippen LogP contribution in [0.3, 0.4) is 0 Å². The summed E-state index contributed by atoms with van der Waals surface area (Å²) in [6.45, 7) is 4.58. The largest absolute Gasteiger partial charge is 0.485 e. The molecule has 0 saturated heterocycles. The van der Waals surface area contributed by atoms with Gasteiger partial charge in [-0.05, 0) is 37.6 Å². The van der Waals surface area contributed by atoms with Crippen molar-refractivity contribution in [3.05, 3.63) is 59.2 Å². The van der Waals surface area contributed by atoms with E-state index in [1.165, 1.54) is 5.56 Å². The second kappa shape index (κ2) is 5.14. The molecule has 0 fully saturated rings. The van der Waals surface area contributed by atoms with E-state index in [-0.39, 0.29) is 5.60 Å². The lowest BCUT2D eigenvalue weighted by Crippen LogP contribution is -2.24. The molecule has 3 heteroatoms. The van der Waals surface area contributed by atoms with Crippen molar-refractivity contribution >= 4 is 0 Å². The topological polar surface area (TPSA) is 42.2 Å². The van der Waals surface area contributed by atoms with E-state index in [2.05, 4.69) is 26.0 Å². The van der Waals surface area contributed by atoms with Gasteiger partial charge >= 0.3 is 0 Å². The van der Waals surface area contributed by atoms with Gasteiger partial charge in [0.15, 0.2) is 11.5 Å². The fourth-order valence-corrected chi connectivity index (χ4v) is 2.59. The lowest BCUT2D eigenvalue weighted by Gasteiger charge is -2.18. The Bertz CT molecular complexity index is 713. The van der Waals surface area contributed by atoms with Crippen LogP contribution in [0, 0.1) is 11.3 Å². The summed E-state index contributed by atoms with van der Waals surface area (Å²) in [4.78, 5) is 0. The van der Waals surface area contributed by atoms with Crippen LogP contribution >= 0.6 is 0 Å². The number of fused-ring (bicyclic) bond motifs is 1. The van der Waals surface area contributed by atoms with Gasteiger partial charge in [-0.1, -0.05) is 24.3 Å². The quantitative estimate of drug-likeness (QED) is 0.857. The second-order valence-electron chi connectivity index (χ2n) is 5.88. The molecule has 1 aliphatic rings. The van der Waals surface area contributed by atoms with E-state index in [9.17, 15) is 0 Å². The molecule has 2 aromatic carbocycles. The minimum Gasteiger partial charge on any atom is -0.485 e. The first-order valence-electron chi connectivity index (χ1n) is 7.00. The number of hydrogen-bond donors (Lipinski definition) is 0. The molecule has 1 aliphatic heterocycles. The lowest BCUT2D eigenvalue weighted by atomic mass is 10.0. The molecule has 0 amide bonds. The van der Waals surface area contributed by atoms with Gasteiger partial charge in [-0.25, -0.2) is 0 Å². The van der Waals surface area contributed by atoms with Crippen LogP contribution in [0.15, 0.2) is 42.5 Å². The average molecular weight is 279 g/mol. The Morgan fingerprint density at radius 2 is 2.05 bits per heavy atom. The van der Waals surface area contributed by atoms with Crippen molar-refractivity contribution in [2.45, 2.75) is 32.5 Å². The van der Waals surface area contributed by atoms with Gasteiger partial charge in [0.05, 0.1) is 11.6 Å². The predicted octanol–water partition coefficient (Wildman–Crippen LogP) is 3.85. The Morgan fingerprint density at radius 1 is 1.24 bits per heavy atom. The highest BCUT2D eigenvalue weighted by Gasteiger charge is 2.32. The highest BCUT2D eigenvalue weighted by Crippen LogP contribution is 2.41. The maximum atomic E-state index is 8.92. The zero-order valence-electron chi connectivity index (χ0n) is 12.2. The fraction of sp³-hybridized carbons (Fsp3) is 0.278. The van der Waals surface area contributed by atoms with Crippen LogP contribution in [-0.4, -0.2) is 5.60 Å². The van der Waals surface area contributed by atoms with Crippen molar-refractivity contribution in [1.29, 1.82) is 5.26 Å². The first kappa shape index (κ1) is 13.5. The van der Waals surface area contributed by atoms with E-state index in [0.29, 0.717) is 12.2 Å². The zero-order chi connectivity index (χ0) is 14.9. The molecule has 106 valence electrons. The zero-order valence-corrected chi connectivity index (χ0v) is 12.2. The summed E-state index contributed by atoms with van der Waals surface area (Å²) < 4.78 is 11.9. The van der Waals surface area contributed by atoms with Gasteiger partial charge in [0, 0.05) is 12.0 Å². The van der Waals surface area contributed by atoms with Gasteiger partial charge in [0.1, 0.15) is 12.2 Å². The van der Waals surface area contributed by atoms with Crippen LogP contribution in [0.2, 0.25) is 0 Å². The SMILES string of the molecule is CC1(C)Cc2cccc(OCc3cccc(C#N)c3)c2O1. The molecular weight excluding hydrogens is 262 g/mol. The predicted molar refractivity (Wildman–Crippen MR) is 80.3 cm³/mol. The number of benzene rings is 2. The molecule has 0 N–H and O–H groups in total. The molecule has 0 radical (unpaired) electrons. The molecule has 0 unspecified atom stereocenters. The number of para-hydroxylation sites is 1. The third-order valence-electron chi connectivity index (χ3n) is 3.51. The molecule has 3 nitrogen and oxygen atoms in total. The highest BCUT2D eigenvalue weighted by atomic mass is 16.5. The van der Waals surface area contributed by atoms with Crippen molar-refractivity contribution in [3.8, 4) is 17.6 Å².